The van der Waals surface area contributed by atoms with E-state index in [0.29, 0.717) is 6.42 Å². The highest BCUT2D eigenvalue weighted by molar-refractivity contribution is 9.10. The summed E-state index contributed by atoms with van der Waals surface area (Å²) in [5, 5.41) is 3.43. The van der Waals surface area contributed by atoms with E-state index >= 15 is 0 Å². The number of rotatable bonds is 4. The Balaban J connectivity index is 1.76. The van der Waals surface area contributed by atoms with Gasteiger partial charge in [0.05, 0.1) is 0 Å². The molecule has 1 aromatic rings. The SMILES string of the molecule is CC1(C)CN(C(=O)CCCc2ccc(Br)cc2)CCN1. The second-order valence-corrected chi connectivity index (χ2v) is 7.02. The zero-order valence-corrected chi connectivity index (χ0v) is 13.9. The number of aryl methyl sites for hydroxylation is 1. The van der Waals surface area contributed by atoms with Crippen molar-refractivity contribution in [2.45, 2.75) is 38.6 Å². The van der Waals surface area contributed by atoms with E-state index in [4.69, 9.17) is 0 Å². The molecular formula is C16H23BrN2O. The number of piperazine rings is 1. The molecule has 1 aromatic carbocycles. The maximum atomic E-state index is 12.2. The van der Waals surface area contributed by atoms with Gasteiger partial charge in [0.25, 0.3) is 0 Å². The first-order chi connectivity index (χ1) is 9.46. The van der Waals surface area contributed by atoms with Gasteiger partial charge in [-0.2, -0.15) is 0 Å². The summed E-state index contributed by atoms with van der Waals surface area (Å²) < 4.78 is 1.10. The molecule has 1 N–H and O–H groups in total. The Hall–Kier alpha value is -0.870. The molecule has 2 rings (SSSR count). The van der Waals surface area contributed by atoms with Crippen LogP contribution in [0.5, 0.6) is 0 Å². The summed E-state index contributed by atoms with van der Waals surface area (Å²) in [6.45, 7) is 6.83. The van der Waals surface area contributed by atoms with Gasteiger partial charge in [-0.15, -0.1) is 0 Å². The number of amides is 1. The standard InChI is InChI=1S/C16H23BrN2O/c1-16(2)12-19(11-10-18-16)15(20)5-3-4-13-6-8-14(17)9-7-13/h6-9,18H,3-5,10-12H2,1-2H3. The first kappa shape index (κ1) is 15.5. The average molecular weight is 339 g/mol. The van der Waals surface area contributed by atoms with Crippen LogP contribution < -0.4 is 5.32 Å². The number of hydrogen-bond acceptors (Lipinski definition) is 2. The van der Waals surface area contributed by atoms with Crippen LogP contribution in [-0.4, -0.2) is 36.0 Å². The normalized spacial score (nSPS) is 18.1. The molecule has 0 spiro atoms. The Labute approximate surface area is 129 Å². The smallest absolute Gasteiger partial charge is 0.222 e. The summed E-state index contributed by atoms with van der Waals surface area (Å²) in [5.41, 5.74) is 1.33. The van der Waals surface area contributed by atoms with Crippen LogP contribution in [-0.2, 0) is 11.2 Å². The van der Waals surface area contributed by atoms with Gasteiger partial charge in [-0.3, -0.25) is 4.79 Å². The average Bonchev–Trinajstić information content (AvgIpc) is 2.40. The number of nitrogens with zero attached hydrogens (tertiary/aromatic N) is 1. The molecule has 0 atom stereocenters. The Morgan fingerprint density at radius 3 is 2.70 bits per heavy atom. The van der Waals surface area contributed by atoms with Crippen LogP contribution in [0.2, 0.25) is 0 Å². The second kappa shape index (κ2) is 6.72. The van der Waals surface area contributed by atoms with E-state index in [2.05, 4.69) is 59.4 Å². The second-order valence-electron chi connectivity index (χ2n) is 6.11. The van der Waals surface area contributed by atoms with Gasteiger partial charge in [0.15, 0.2) is 0 Å². The Morgan fingerprint density at radius 1 is 1.35 bits per heavy atom. The first-order valence-corrected chi connectivity index (χ1v) is 8.03. The van der Waals surface area contributed by atoms with Crippen molar-refractivity contribution in [2.75, 3.05) is 19.6 Å². The Bertz CT molecular complexity index is 456. The largest absolute Gasteiger partial charge is 0.340 e. The fraction of sp³-hybridized carbons (Fsp3) is 0.562. The van der Waals surface area contributed by atoms with E-state index in [1.54, 1.807) is 0 Å². The quantitative estimate of drug-likeness (QED) is 0.915. The molecule has 4 heteroatoms. The summed E-state index contributed by atoms with van der Waals surface area (Å²) in [7, 11) is 0. The zero-order valence-electron chi connectivity index (χ0n) is 12.3. The van der Waals surface area contributed by atoms with Crippen molar-refractivity contribution in [3.05, 3.63) is 34.3 Å². The molecule has 1 saturated heterocycles. The van der Waals surface area contributed by atoms with Crippen LogP contribution in [0.3, 0.4) is 0 Å². The summed E-state index contributed by atoms with van der Waals surface area (Å²) in [5.74, 6) is 0.289. The van der Waals surface area contributed by atoms with E-state index < -0.39 is 0 Å². The van der Waals surface area contributed by atoms with Gasteiger partial charge < -0.3 is 10.2 Å². The minimum absolute atomic E-state index is 0.0413. The van der Waals surface area contributed by atoms with Crippen LogP contribution in [0.15, 0.2) is 28.7 Å². The molecule has 20 heavy (non-hydrogen) atoms. The lowest BCUT2D eigenvalue weighted by Crippen LogP contribution is -2.58. The molecule has 1 heterocycles. The molecule has 1 amide bonds. The molecule has 0 unspecified atom stereocenters. The molecular weight excluding hydrogens is 316 g/mol. The summed E-state index contributed by atoms with van der Waals surface area (Å²) >= 11 is 3.43. The lowest BCUT2D eigenvalue weighted by molar-refractivity contribution is -0.133. The van der Waals surface area contributed by atoms with E-state index in [0.717, 1.165) is 36.9 Å². The summed E-state index contributed by atoms with van der Waals surface area (Å²) in [6.07, 6.45) is 2.53. The first-order valence-electron chi connectivity index (χ1n) is 7.23. The third-order valence-electron chi connectivity index (χ3n) is 3.69. The Kier molecular flexibility index (Phi) is 5.22. The molecule has 1 fully saturated rings. The van der Waals surface area contributed by atoms with Crippen LogP contribution in [0.1, 0.15) is 32.3 Å². The molecule has 1 aliphatic rings. The predicted molar refractivity (Wildman–Crippen MR) is 85.7 cm³/mol. The lowest BCUT2D eigenvalue weighted by atomic mass is 10.0. The number of carbonyl (C=O) groups excluding carboxylic acids is 1. The monoisotopic (exact) mass is 338 g/mol. The number of hydrogen-bond donors (Lipinski definition) is 1. The fourth-order valence-electron chi connectivity index (χ4n) is 2.61. The van der Waals surface area contributed by atoms with Gasteiger partial charge in [-0.1, -0.05) is 28.1 Å². The van der Waals surface area contributed by atoms with E-state index in [1.165, 1.54) is 5.56 Å². The predicted octanol–water partition coefficient (Wildman–Crippen LogP) is 2.98. The molecule has 1 aliphatic heterocycles. The number of halogens is 1. The van der Waals surface area contributed by atoms with E-state index in [-0.39, 0.29) is 11.4 Å². The zero-order chi connectivity index (χ0) is 14.6. The molecule has 0 radical (unpaired) electrons. The maximum absolute atomic E-state index is 12.2. The van der Waals surface area contributed by atoms with Crippen molar-refractivity contribution < 1.29 is 4.79 Å². The van der Waals surface area contributed by atoms with E-state index in [9.17, 15) is 4.79 Å². The molecule has 0 saturated carbocycles. The van der Waals surface area contributed by atoms with E-state index in [1.807, 2.05) is 4.90 Å². The van der Waals surface area contributed by atoms with Gasteiger partial charge >= 0.3 is 0 Å². The molecule has 3 nitrogen and oxygen atoms in total. The fourth-order valence-corrected chi connectivity index (χ4v) is 2.87. The summed E-state index contributed by atoms with van der Waals surface area (Å²) in [4.78, 5) is 14.2. The molecule has 110 valence electrons. The lowest BCUT2D eigenvalue weighted by Gasteiger charge is -2.39. The van der Waals surface area contributed by atoms with Crippen molar-refractivity contribution in [3.63, 3.8) is 0 Å². The van der Waals surface area contributed by atoms with Crippen LogP contribution in [0.25, 0.3) is 0 Å². The third kappa shape index (κ3) is 4.60. The highest BCUT2D eigenvalue weighted by Crippen LogP contribution is 2.14. The highest BCUT2D eigenvalue weighted by Gasteiger charge is 2.27. The van der Waals surface area contributed by atoms with Crippen LogP contribution >= 0.6 is 15.9 Å². The molecule has 0 aromatic heterocycles. The molecule has 0 bridgehead atoms. The third-order valence-corrected chi connectivity index (χ3v) is 4.22. The van der Waals surface area contributed by atoms with Crippen molar-refractivity contribution in [1.29, 1.82) is 0 Å². The molecule has 0 aliphatic carbocycles. The van der Waals surface area contributed by atoms with Gasteiger partial charge in [0.2, 0.25) is 5.91 Å². The topological polar surface area (TPSA) is 32.3 Å². The number of nitrogens with one attached hydrogen (secondary N) is 1. The Morgan fingerprint density at radius 2 is 2.05 bits per heavy atom. The van der Waals surface area contributed by atoms with Gasteiger partial charge in [0.1, 0.15) is 0 Å². The van der Waals surface area contributed by atoms with Gasteiger partial charge in [-0.25, -0.2) is 0 Å². The summed E-state index contributed by atoms with van der Waals surface area (Å²) in [6, 6.07) is 8.33. The maximum Gasteiger partial charge on any atom is 0.222 e. The van der Waals surface area contributed by atoms with Gasteiger partial charge in [0, 0.05) is 36.1 Å². The van der Waals surface area contributed by atoms with Crippen LogP contribution in [0, 0.1) is 0 Å². The minimum Gasteiger partial charge on any atom is -0.340 e. The van der Waals surface area contributed by atoms with Crippen molar-refractivity contribution in [3.8, 4) is 0 Å². The van der Waals surface area contributed by atoms with Crippen molar-refractivity contribution >= 4 is 21.8 Å². The van der Waals surface area contributed by atoms with Crippen LogP contribution in [0.4, 0.5) is 0 Å². The van der Waals surface area contributed by atoms with Gasteiger partial charge in [-0.05, 0) is 44.4 Å². The number of benzene rings is 1. The van der Waals surface area contributed by atoms with Crippen molar-refractivity contribution in [2.24, 2.45) is 0 Å². The number of carbonyl (C=O) groups is 1. The van der Waals surface area contributed by atoms with Crippen molar-refractivity contribution in [1.82, 2.24) is 10.2 Å². The highest BCUT2D eigenvalue weighted by atomic mass is 79.9. The minimum atomic E-state index is 0.0413.